The molecule has 10 heteroatoms. The number of nitrogens with two attached hydrogens (primary N) is 1. The SMILES string of the molecule is CCCCn1c(N)c(N(Cc2ccccc2)Cc2cc(=O)n3c(C)csc3n2)c(=O)[nH]c1=O. The van der Waals surface area contributed by atoms with Gasteiger partial charge in [0.25, 0.3) is 11.1 Å². The smallest absolute Gasteiger partial charge is 0.330 e. The normalized spacial score (nSPS) is 11.2. The van der Waals surface area contributed by atoms with Crippen LogP contribution >= 0.6 is 11.3 Å². The van der Waals surface area contributed by atoms with Crippen LogP contribution in [0.5, 0.6) is 0 Å². The lowest BCUT2D eigenvalue weighted by Gasteiger charge is -2.26. The molecular weight excluding hydrogens is 440 g/mol. The van der Waals surface area contributed by atoms with Gasteiger partial charge in [0.1, 0.15) is 11.5 Å². The van der Waals surface area contributed by atoms with Gasteiger partial charge in [0.15, 0.2) is 4.96 Å². The Hall–Kier alpha value is -3.66. The van der Waals surface area contributed by atoms with Crippen molar-refractivity contribution in [3.8, 4) is 0 Å². The van der Waals surface area contributed by atoms with Gasteiger partial charge in [0.2, 0.25) is 0 Å². The standard InChI is InChI=1S/C23H26N6O3S/c1-3-4-10-28-20(24)19(21(31)26-22(28)32)27(12-16-8-6-5-7-9-16)13-17-11-18(30)29-15(2)14-33-23(29)25-17/h5-9,11,14H,3-4,10,12-13,24H2,1-2H3,(H,26,31,32). The number of hydrogen-bond donors (Lipinski definition) is 2. The van der Waals surface area contributed by atoms with Crippen molar-refractivity contribution in [3.63, 3.8) is 0 Å². The molecule has 0 unspecified atom stereocenters. The zero-order valence-corrected chi connectivity index (χ0v) is 19.4. The zero-order chi connectivity index (χ0) is 23.5. The van der Waals surface area contributed by atoms with Crippen molar-refractivity contribution in [2.45, 2.75) is 46.3 Å². The Morgan fingerprint density at radius 3 is 2.64 bits per heavy atom. The van der Waals surface area contributed by atoms with Crippen LogP contribution in [0.15, 0.2) is 56.2 Å². The fraction of sp³-hybridized carbons (Fsp3) is 0.304. The second-order valence-corrected chi connectivity index (χ2v) is 8.76. The quantitative estimate of drug-likeness (QED) is 0.412. The van der Waals surface area contributed by atoms with Gasteiger partial charge in [-0.15, -0.1) is 11.3 Å². The highest BCUT2D eigenvalue weighted by Gasteiger charge is 2.21. The number of rotatable bonds is 8. The fourth-order valence-electron chi connectivity index (χ4n) is 3.82. The number of anilines is 2. The van der Waals surface area contributed by atoms with E-state index in [-0.39, 0.29) is 23.6 Å². The van der Waals surface area contributed by atoms with Crippen LogP contribution in [0, 0.1) is 6.92 Å². The predicted molar refractivity (Wildman–Crippen MR) is 131 cm³/mol. The van der Waals surface area contributed by atoms with Gasteiger partial charge >= 0.3 is 5.69 Å². The third-order valence-corrected chi connectivity index (χ3v) is 6.41. The average molecular weight is 467 g/mol. The third kappa shape index (κ3) is 4.61. The summed E-state index contributed by atoms with van der Waals surface area (Å²) in [6.07, 6.45) is 1.63. The molecule has 9 nitrogen and oxygen atoms in total. The third-order valence-electron chi connectivity index (χ3n) is 5.46. The van der Waals surface area contributed by atoms with Crippen LogP contribution in [-0.4, -0.2) is 18.9 Å². The first-order valence-electron chi connectivity index (χ1n) is 10.8. The van der Waals surface area contributed by atoms with E-state index in [0.717, 1.165) is 24.1 Å². The summed E-state index contributed by atoms with van der Waals surface area (Å²) in [6, 6.07) is 11.1. The number of aromatic nitrogens is 4. The number of H-pyrrole nitrogens is 1. The van der Waals surface area contributed by atoms with Crippen LogP contribution in [0.4, 0.5) is 11.5 Å². The summed E-state index contributed by atoms with van der Waals surface area (Å²) in [4.78, 5) is 47.4. The van der Waals surface area contributed by atoms with Crippen LogP contribution in [0.25, 0.3) is 4.96 Å². The number of nitrogen functional groups attached to an aromatic ring is 1. The van der Waals surface area contributed by atoms with Crippen molar-refractivity contribution < 1.29 is 0 Å². The van der Waals surface area contributed by atoms with Crippen LogP contribution in [0.2, 0.25) is 0 Å². The average Bonchev–Trinajstić information content (AvgIpc) is 3.15. The van der Waals surface area contributed by atoms with Gasteiger partial charge in [-0.3, -0.25) is 23.5 Å². The minimum Gasteiger partial charge on any atom is -0.383 e. The molecule has 33 heavy (non-hydrogen) atoms. The van der Waals surface area contributed by atoms with Gasteiger partial charge in [-0.2, -0.15) is 0 Å². The number of aromatic amines is 1. The van der Waals surface area contributed by atoms with Crippen molar-refractivity contribution >= 4 is 27.8 Å². The van der Waals surface area contributed by atoms with E-state index in [2.05, 4.69) is 9.97 Å². The molecular formula is C23H26N6O3S. The molecule has 0 bridgehead atoms. The molecule has 3 heterocycles. The number of hydrogen-bond acceptors (Lipinski definition) is 7. The van der Waals surface area contributed by atoms with Gasteiger partial charge < -0.3 is 10.6 Å². The fourth-order valence-corrected chi connectivity index (χ4v) is 4.71. The van der Waals surface area contributed by atoms with Crippen molar-refractivity contribution in [1.82, 2.24) is 18.9 Å². The molecule has 0 aliphatic rings. The summed E-state index contributed by atoms with van der Waals surface area (Å²) in [6.45, 7) is 4.81. The molecule has 0 aliphatic carbocycles. The lowest BCUT2D eigenvalue weighted by Crippen LogP contribution is -2.38. The van der Waals surface area contributed by atoms with E-state index in [1.54, 1.807) is 9.30 Å². The zero-order valence-electron chi connectivity index (χ0n) is 18.6. The van der Waals surface area contributed by atoms with Crippen molar-refractivity contribution in [1.29, 1.82) is 0 Å². The Kier molecular flexibility index (Phi) is 6.45. The Balaban J connectivity index is 1.82. The van der Waals surface area contributed by atoms with Gasteiger partial charge in [-0.05, 0) is 18.9 Å². The number of aryl methyl sites for hydroxylation is 1. The summed E-state index contributed by atoms with van der Waals surface area (Å²) in [5.74, 6) is 0.109. The molecule has 0 radical (unpaired) electrons. The molecule has 4 rings (SSSR count). The molecule has 172 valence electrons. The maximum atomic E-state index is 12.9. The first kappa shape index (κ1) is 22.5. The Morgan fingerprint density at radius 2 is 1.91 bits per heavy atom. The highest BCUT2D eigenvalue weighted by molar-refractivity contribution is 7.15. The summed E-state index contributed by atoms with van der Waals surface area (Å²) < 4.78 is 2.95. The van der Waals surface area contributed by atoms with Gasteiger partial charge in [0.05, 0.1) is 12.2 Å². The maximum absolute atomic E-state index is 12.9. The number of nitrogens with one attached hydrogen (secondary N) is 1. The van der Waals surface area contributed by atoms with Crippen molar-refractivity contribution in [2.24, 2.45) is 0 Å². The van der Waals surface area contributed by atoms with Crippen molar-refractivity contribution in [3.05, 3.63) is 89.9 Å². The first-order valence-corrected chi connectivity index (χ1v) is 11.6. The molecule has 0 saturated heterocycles. The van der Waals surface area contributed by atoms with Gasteiger partial charge in [-0.1, -0.05) is 43.7 Å². The second kappa shape index (κ2) is 9.45. The van der Waals surface area contributed by atoms with E-state index in [1.807, 2.05) is 49.6 Å². The van der Waals surface area contributed by atoms with Crippen LogP contribution in [-0.2, 0) is 19.6 Å². The number of nitrogens with zero attached hydrogens (tertiary/aromatic N) is 4. The van der Waals surface area contributed by atoms with E-state index in [0.29, 0.717) is 23.7 Å². The van der Waals surface area contributed by atoms with E-state index < -0.39 is 11.2 Å². The van der Waals surface area contributed by atoms with Gasteiger partial charge in [0, 0.05) is 30.2 Å². The Bertz CT molecular complexity index is 1450. The Labute approximate surface area is 193 Å². The molecule has 0 atom stereocenters. The molecule has 3 N–H and O–H groups in total. The molecule has 0 amide bonds. The first-order chi connectivity index (χ1) is 15.9. The van der Waals surface area contributed by atoms with Crippen LogP contribution < -0.4 is 27.4 Å². The minimum absolute atomic E-state index is 0.109. The van der Waals surface area contributed by atoms with Crippen molar-refractivity contribution in [2.75, 3.05) is 10.6 Å². The van der Waals surface area contributed by atoms with Gasteiger partial charge in [-0.25, -0.2) is 9.78 Å². The number of thiazole rings is 1. The van der Waals surface area contributed by atoms with Crippen LogP contribution in [0.3, 0.4) is 0 Å². The molecule has 0 aliphatic heterocycles. The largest absolute Gasteiger partial charge is 0.383 e. The Morgan fingerprint density at radius 1 is 1.15 bits per heavy atom. The summed E-state index contributed by atoms with van der Waals surface area (Å²) in [7, 11) is 0. The molecule has 3 aromatic heterocycles. The molecule has 4 aromatic rings. The number of benzene rings is 1. The molecule has 1 aromatic carbocycles. The summed E-state index contributed by atoms with van der Waals surface area (Å²) >= 11 is 1.38. The number of fused-ring (bicyclic) bond motifs is 1. The second-order valence-electron chi connectivity index (χ2n) is 7.92. The molecule has 0 spiro atoms. The summed E-state index contributed by atoms with van der Waals surface area (Å²) in [5, 5.41) is 1.88. The van der Waals surface area contributed by atoms with E-state index in [9.17, 15) is 14.4 Å². The van der Waals surface area contributed by atoms with Crippen LogP contribution in [0.1, 0.15) is 36.7 Å². The molecule has 0 saturated carbocycles. The lowest BCUT2D eigenvalue weighted by molar-refractivity contribution is 0.601. The topological polar surface area (TPSA) is 118 Å². The number of unbranched alkanes of at least 4 members (excludes halogenated alkanes) is 1. The minimum atomic E-state index is -0.564. The van der Waals surface area contributed by atoms with E-state index in [4.69, 9.17) is 5.73 Å². The maximum Gasteiger partial charge on any atom is 0.330 e. The molecule has 0 fully saturated rings. The monoisotopic (exact) mass is 466 g/mol. The lowest BCUT2D eigenvalue weighted by atomic mass is 10.2. The van der Waals surface area contributed by atoms with E-state index >= 15 is 0 Å². The summed E-state index contributed by atoms with van der Waals surface area (Å²) in [5.41, 5.74) is 7.59. The predicted octanol–water partition coefficient (Wildman–Crippen LogP) is 2.50. The van der Waals surface area contributed by atoms with E-state index in [1.165, 1.54) is 22.0 Å². The highest BCUT2D eigenvalue weighted by Crippen LogP contribution is 2.22. The highest BCUT2D eigenvalue weighted by atomic mass is 32.1.